The quantitative estimate of drug-likeness (QED) is 0.620. The van der Waals surface area contributed by atoms with Gasteiger partial charge in [0.05, 0.1) is 4.92 Å². The molecule has 1 aliphatic carbocycles. The summed E-state index contributed by atoms with van der Waals surface area (Å²) in [5, 5.41) is 14.3. The van der Waals surface area contributed by atoms with Crippen molar-refractivity contribution >= 4 is 11.4 Å². The molecule has 0 spiro atoms. The molecular formula is C13H19N3O2. The predicted octanol–water partition coefficient (Wildman–Crippen LogP) is 2.44. The first-order valence-corrected chi connectivity index (χ1v) is 6.19. The average Bonchev–Trinajstić information content (AvgIpc) is 3.15. The number of benzene rings is 1. The van der Waals surface area contributed by atoms with Crippen LogP contribution >= 0.6 is 0 Å². The molecule has 3 N–H and O–H groups in total. The number of nitro benzene ring substituents is 1. The first-order valence-electron chi connectivity index (χ1n) is 6.19. The van der Waals surface area contributed by atoms with Crippen LogP contribution in [0, 0.1) is 23.0 Å². The maximum atomic E-state index is 11.1. The Balaban J connectivity index is 2.30. The second-order valence-corrected chi connectivity index (χ2v) is 5.30. The molecule has 1 fully saturated rings. The van der Waals surface area contributed by atoms with Gasteiger partial charge in [0.2, 0.25) is 0 Å². The van der Waals surface area contributed by atoms with Crippen LogP contribution in [0.15, 0.2) is 18.2 Å². The van der Waals surface area contributed by atoms with E-state index in [9.17, 15) is 10.1 Å². The van der Waals surface area contributed by atoms with E-state index < -0.39 is 0 Å². The van der Waals surface area contributed by atoms with E-state index in [4.69, 9.17) is 5.73 Å². The van der Waals surface area contributed by atoms with Crippen LogP contribution in [0.5, 0.6) is 0 Å². The number of nitro groups is 1. The Hall–Kier alpha value is -1.62. The highest BCUT2D eigenvalue weighted by Crippen LogP contribution is 2.42. The molecule has 0 heterocycles. The molecule has 1 unspecified atom stereocenters. The number of aryl methyl sites for hydroxylation is 1. The summed E-state index contributed by atoms with van der Waals surface area (Å²) in [6.07, 6.45) is 2.28. The van der Waals surface area contributed by atoms with Gasteiger partial charge in [0.25, 0.3) is 5.69 Å². The summed E-state index contributed by atoms with van der Waals surface area (Å²) in [5.74, 6) is 0.517. The lowest BCUT2D eigenvalue weighted by Gasteiger charge is -2.30. The molecule has 1 aromatic carbocycles. The Kier molecular flexibility index (Phi) is 3.26. The van der Waals surface area contributed by atoms with Crippen LogP contribution < -0.4 is 11.1 Å². The molecule has 0 amide bonds. The molecule has 0 aliphatic heterocycles. The standard InChI is InChI=1S/C13H19N3O2/c1-9-3-6-11(12(7-9)16(17)18)15-13(2,8-14)10-4-5-10/h3,6-7,10,15H,4-5,8,14H2,1-2H3. The van der Waals surface area contributed by atoms with Crippen LogP contribution in [0.2, 0.25) is 0 Å². The minimum Gasteiger partial charge on any atom is -0.373 e. The van der Waals surface area contributed by atoms with Crippen LogP contribution in [-0.2, 0) is 0 Å². The van der Waals surface area contributed by atoms with Crippen LogP contribution in [0.1, 0.15) is 25.3 Å². The lowest BCUT2D eigenvalue weighted by Crippen LogP contribution is -2.44. The normalized spacial score (nSPS) is 18.2. The van der Waals surface area contributed by atoms with Crippen molar-refractivity contribution < 1.29 is 4.92 Å². The minimum absolute atomic E-state index is 0.121. The molecule has 1 aliphatic rings. The zero-order valence-electron chi connectivity index (χ0n) is 10.8. The van der Waals surface area contributed by atoms with Gasteiger partial charge in [-0.1, -0.05) is 6.07 Å². The number of nitrogens with one attached hydrogen (secondary N) is 1. The molecule has 0 radical (unpaired) electrons. The van der Waals surface area contributed by atoms with Gasteiger partial charge in [0, 0.05) is 18.2 Å². The van der Waals surface area contributed by atoms with Gasteiger partial charge in [-0.05, 0) is 44.2 Å². The van der Waals surface area contributed by atoms with Crippen molar-refractivity contribution in [2.45, 2.75) is 32.2 Å². The van der Waals surface area contributed by atoms with Crippen molar-refractivity contribution in [2.75, 3.05) is 11.9 Å². The van der Waals surface area contributed by atoms with E-state index in [2.05, 4.69) is 5.32 Å². The zero-order chi connectivity index (χ0) is 13.3. The molecule has 2 rings (SSSR count). The molecule has 5 nitrogen and oxygen atoms in total. The van der Waals surface area contributed by atoms with Crippen LogP contribution in [-0.4, -0.2) is 17.0 Å². The lowest BCUT2D eigenvalue weighted by atomic mass is 9.95. The van der Waals surface area contributed by atoms with E-state index in [1.807, 2.05) is 19.9 Å². The van der Waals surface area contributed by atoms with Crippen molar-refractivity contribution in [3.63, 3.8) is 0 Å². The third kappa shape index (κ3) is 2.46. The van der Waals surface area contributed by atoms with E-state index in [1.165, 1.54) is 0 Å². The van der Waals surface area contributed by atoms with Gasteiger partial charge in [0.1, 0.15) is 5.69 Å². The summed E-state index contributed by atoms with van der Waals surface area (Å²) in [6, 6.07) is 5.23. The molecule has 0 aromatic heterocycles. The molecule has 1 atom stereocenters. The number of hydrogen-bond acceptors (Lipinski definition) is 4. The fourth-order valence-electron chi connectivity index (χ4n) is 2.25. The Bertz CT molecular complexity index is 471. The molecule has 1 saturated carbocycles. The SMILES string of the molecule is Cc1ccc(NC(C)(CN)C2CC2)c([N+](=O)[O-])c1. The van der Waals surface area contributed by atoms with Gasteiger partial charge in [-0.15, -0.1) is 0 Å². The monoisotopic (exact) mass is 249 g/mol. The summed E-state index contributed by atoms with van der Waals surface area (Å²) < 4.78 is 0. The van der Waals surface area contributed by atoms with E-state index in [-0.39, 0.29) is 16.1 Å². The number of anilines is 1. The summed E-state index contributed by atoms with van der Waals surface area (Å²) in [4.78, 5) is 10.7. The van der Waals surface area contributed by atoms with Gasteiger partial charge < -0.3 is 11.1 Å². The number of nitrogens with two attached hydrogens (primary N) is 1. The molecule has 1 aromatic rings. The van der Waals surface area contributed by atoms with Crippen molar-refractivity contribution in [1.29, 1.82) is 0 Å². The largest absolute Gasteiger partial charge is 0.373 e. The second kappa shape index (κ2) is 4.57. The summed E-state index contributed by atoms with van der Waals surface area (Å²) in [7, 11) is 0. The molecule has 18 heavy (non-hydrogen) atoms. The average molecular weight is 249 g/mol. The third-order valence-corrected chi connectivity index (χ3v) is 3.67. The highest BCUT2D eigenvalue weighted by Gasteiger charge is 2.41. The van der Waals surface area contributed by atoms with Crippen LogP contribution in [0.3, 0.4) is 0 Å². The number of hydrogen-bond donors (Lipinski definition) is 2. The predicted molar refractivity (Wildman–Crippen MR) is 71.6 cm³/mol. The highest BCUT2D eigenvalue weighted by atomic mass is 16.6. The van der Waals surface area contributed by atoms with Gasteiger partial charge in [0.15, 0.2) is 0 Å². The first kappa shape index (κ1) is 12.8. The van der Waals surface area contributed by atoms with Crippen molar-refractivity contribution in [1.82, 2.24) is 0 Å². The summed E-state index contributed by atoms with van der Waals surface area (Å²) in [6.45, 7) is 4.36. The maximum Gasteiger partial charge on any atom is 0.292 e. The number of rotatable bonds is 5. The molecule has 98 valence electrons. The Labute approximate surface area is 107 Å². The van der Waals surface area contributed by atoms with Gasteiger partial charge in [-0.25, -0.2) is 0 Å². The summed E-state index contributed by atoms with van der Waals surface area (Å²) in [5.41, 5.74) is 7.13. The fourth-order valence-corrected chi connectivity index (χ4v) is 2.25. The highest BCUT2D eigenvalue weighted by molar-refractivity contribution is 5.64. The molecule has 0 saturated heterocycles. The topological polar surface area (TPSA) is 81.2 Å². The van der Waals surface area contributed by atoms with Gasteiger partial charge >= 0.3 is 0 Å². The van der Waals surface area contributed by atoms with E-state index in [1.54, 1.807) is 12.1 Å². The lowest BCUT2D eigenvalue weighted by molar-refractivity contribution is -0.384. The van der Waals surface area contributed by atoms with Gasteiger partial charge in [-0.3, -0.25) is 10.1 Å². The first-order chi connectivity index (χ1) is 8.46. The van der Waals surface area contributed by atoms with E-state index in [0.29, 0.717) is 18.2 Å². The van der Waals surface area contributed by atoms with E-state index >= 15 is 0 Å². The molecule has 0 bridgehead atoms. The molecular weight excluding hydrogens is 230 g/mol. The Morgan fingerprint density at radius 1 is 1.56 bits per heavy atom. The molecule has 5 heteroatoms. The fraction of sp³-hybridized carbons (Fsp3) is 0.538. The maximum absolute atomic E-state index is 11.1. The van der Waals surface area contributed by atoms with Crippen molar-refractivity contribution in [2.24, 2.45) is 11.7 Å². The number of nitrogens with zero attached hydrogens (tertiary/aromatic N) is 1. The van der Waals surface area contributed by atoms with Crippen molar-refractivity contribution in [3.8, 4) is 0 Å². The second-order valence-electron chi connectivity index (χ2n) is 5.30. The zero-order valence-corrected chi connectivity index (χ0v) is 10.8. The van der Waals surface area contributed by atoms with Gasteiger partial charge in [-0.2, -0.15) is 0 Å². The Morgan fingerprint density at radius 2 is 2.22 bits per heavy atom. The Morgan fingerprint density at radius 3 is 2.72 bits per heavy atom. The minimum atomic E-state index is -0.348. The smallest absolute Gasteiger partial charge is 0.292 e. The third-order valence-electron chi connectivity index (χ3n) is 3.67. The van der Waals surface area contributed by atoms with Crippen LogP contribution in [0.25, 0.3) is 0 Å². The van der Waals surface area contributed by atoms with Crippen molar-refractivity contribution in [3.05, 3.63) is 33.9 Å². The van der Waals surface area contributed by atoms with E-state index in [0.717, 1.165) is 18.4 Å². The van der Waals surface area contributed by atoms with Crippen LogP contribution in [0.4, 0.5) is 11.4 Å². The summed E-state index contributed by atoms with van der Waals surface area (Å²) >= 11 is 0.